The number of aromatic nitrogens is 1. The first-order valence-electron chi connectivity index (χ1n) is 3.99. The fraction of sp³-hybridized carbons (Fsp3) is 0.444. The van der Waals surface area contributed by atoms with Crippen molar-refractivity contribution in [2.75, 3.05) is 5.88 Å². The summed E-state index contributed by atoms with van der Waals surface area (Å²) in [4.78, 5) is 3.89. The van der Waals surface area contributed by atoms with Crippen LogP contribution in [0.15, 0.2) is 18.5 Å². The summed E-state index contributed by atoms with van der Waals surface area (Å²) in [5.74, 6) is 0.0168. The van der Waals surface area contributed by atoms with Crippen LogP contribution in [0.3, 0.4) is 0 Å². The van der Waals surface area contributed by atoms with Crippen LogP contribution in [0.5, 0.6) is 0 Å². The highest BCUT2D eigenvalue weighted by molar-refractivity contribution is 6.18. The molecule has 0 aliphatic carbocycles. The lowest BCUT2D eigenvalue weighted by Gasteiger charge is -2.17. The summed E-state index contributed by atoms with van der Waals surface area (Å²) in [5, 5.41) is 18.9. The van der Waals surface area contributed by atoms with Gasteiger partial charge in [0.1, 0.15) is 6.10 Å². The van der Waals surface area contributed by atoms with Crippen molar-refractivity contribution in [1.82, 2.24) is 4.98 Å². The number of halogens is 1. The molecule has 0 aromatic carbocycles. The molecule has 1 aromatic heterocycles. The standard InChI is InChI=1S/C9H12ClNO2/c1-6-5-11-3-2-7(6)9(13)8(12)4-10/h2-3,5,8-9,12-13H,4H2,1H3. The highest BCUT2D eigenvalue weighted by Gasteiger charge is 2.18. The Kier molecular flexibility index (Phi) is 3.66. The maximum Gasteiger partial charge on any atom is 0.106 e. The van der Waals surface area contributed by atoms with Crippen LogP contribution in [0.4, 0.5) is 0 Å². The van der Waals surface area contributed by atoms with Crippen molar-refractivity contribution in [2.24, 2.45) is 0 Å². The number of aryl methyl sites for hydroxylation is 1. The van der Waals surface area contributed by atoms with Gasteiger partial charge in [0.15, 0.2) is 0 Å². The van der Waals surface area contributed by atoms with Crippen LogP contribution in [0.1, 0.15) is 17.2 Å². The summed E-state index contributed by atoms with van der Waals surface area (Å²) < 4.78 is 0. The molecule has 3 nitrogen and oxygen atoms in total. The molecule has 0 saturated heterocycles. The topological polar surface area (TPSA) is 53.4 Å². The van der Waals surface area contributed by atoms with Crippen LogP contribution in [0.25, 0.3) is 0 Å². The maximum atomic E-state index is 9.61. The minimum absolute atomic E-state index is 0.0168. The van der Waals surface area contributed by atoms with Gasteiger partial charge in [0, 0.05) is 12.4 Å². The number of hydrogen-bond acceptors (Lipinski definition) is 3. The predicted octanol–water partition coefficient (Wildman–Crippen LogP) is 1.02. The number of aliphatic hydroxyl groups excluding tert-OH is 2. The molecule has 0 radical (unpaired) electrons. The van der Waals surface area contributed by atoms with Crippen LogP contribution in [0, 0.1) is 6.92 Å². The van der Waals surface area contributed by atoms with E-state index in [1.807, 2.05) is 6.92 Å². The SMILES string of the molecule is Cc1cnccc1C(O)C(O)CCl. The van der Waals surface area contributed by atoms with Crippen molar-refractivity contribution < 1.29 is 10.2 Å². The van der Waals surface area contributed by atoms with Crippen molar-refractivity contribution in [3.63, 3.8) is 0 Å². The Balaban J connectivity index is 2.88. The molecule has 1 aromatic rings. The molecule has 0 aliphatic rings. The van der Waals surface area contributed by atoms with Crippen LogP contribution in [-0.2, 0) is 0 Å². The fourth-order valence-corrected chi connectivity index (χ4v) is 1.28. The fourth-order valence-electron chi connectivity index (χ4n) is 1.11. The average Bonchev–Trinajstić information content (AvgIpc) is 2.16. The summed E-state index contributed by atoms with van der Waals surface area (Å²) in [6.07, 6.45) is 1.36. The van der Waals surface area contributed by atoms with Gasteiger partial charge in [0.05, 0.1) is 12.0 Å². The third-order valence-corrected chi connectivity index (χ3v) is 2.22. The van der Waals surface area contributed by atoms with E-state index >= 15 is 0 Å². The molecule has 1 rings (SSSR count). The Morgan fingerprint density at radius 3 is 2.77 bits per heavy atom. The van der Waals surface area contributed by atoms with Crippen molar-refractivity contribution >= 4 is 11.6 Å². The average molecular weight is 202 g/mol. The molecule has 0 bridgehead atoms. The number of aliphatic hydroxyl groups is 2. The second-order valence-corrected chi connectivity index (χ2v) is 3.21. The van der Waals surface area contributed by atoms with Gasteiger partial charge in [0.2, 0.25) is 0 Å². The lowest BCUT2D eigenvalue weighted by atomic mass is 10.0. The Hall–Kier alpha value is -0.640. The maximum absolute atomic E-state index is 9.61. The van der Waals surface area contributed by atoms with Gasteiger partial charge in [-0.2, -0.15) is 0 Å². The van der Waals surface area contributed by atoms with E-state index in [0.29, 0.717) is 5.56 Å². The van der Waals surface area contributed by atoms with Crippen LogP contribution >= 0.6 is 11.6 Å². The van der Waals surface area contributed by atoms with Crippen LogP contribution < -0.4 is 0 Å². The predicted molar refractivity (Wildman–Crippen MR) is 50.7 cm³/mol. The summed E-state index contributed by atoms with van der Waals surface area (Å²) in [6, 6.07) is 1.68. The molecule has 2 unspecified atom stereocenters. The molecule has 0 saturated carbocycles. The third-order valence-electron chi connectivity index (χ3n) is 1.90. The second-order valence-electron chi connectivity index (χ2n) is 2.90. The van der Waals surface area contributed by atoms with E-state index in [0.717, 1.165) is 5.56 Å². The lowest BCUT2D eigenvalue weighted by molar-refractivity contribution is 0.0323. The van der Waals surface area contributed by atoms with Gasteiger partial charge >= 0.3 is 0 Å². The van der Waals surface area contributed by atoms with E-state index in [1.54, 1.807) is 18.5 Å². The summed E-state index contributed by atoms with van der Waals surface area (Å²) in [5.41, 5.74) is 1.52. The number of rotatable bonds is 3. The molecule has 4 heteroatoms. The van der Waals surface area contributed by atoms with Gasteiger partial charge in [-0.05, 0) is 24.1 Å². The summed E-state index contributed by atoms with van der Waals surface area (Å²) >= 11 is 5.42. The monoisotopic (exact) mass is 201 g/mol. The first-order chi connectivity index (χ1) is 6.16. The van der Waals surface area contributed by atoms with E-state index in [9.17, 15) is 10.2 Å². The number of nitrogens with zero attached hydrogens (tertiary/aromatic N) is 1. The molecule has 2 N–H and O–H groups in total. The van der Waals surface area contributed by atoms with E-state index in [4.69, 9.17) is 11.6 Å². The van der Waals surface area contributed by atoms with Crippen molar-refractivity contribution in [3.05, 3.63) is 29.6 Å². The molecule has 72 valence electrons. The van der Waals surface area contributed by atoms with E-state index in [1.165, 1.54) is 0 Å². The largest absolute Gasteiger partial charge is 0.389 e. The molecule has 0 aliphatic heterocycles. The molecule has 0 spiro atoms. The molecule has 1 heterocycles. The summed E-state index contributed by atoms with van der Waals surface area (Å²) in [7, 11) is 0. The second kappa shape index (κ2) is 4.56. The van der Waals surface area contributed by atoms with Gasteiger partial charge in [-0.3, -0.25) is 4.98 Å². The van der Waals surface area contributed by atoms with Gasteiger partial charge in [-0.15, -0.1) is 11.6 Å². The molecular formula is C9H12ClNO2. The Morgan fingerprint density at radius 2 is 2.23 bits per heavy atom. The van der Waals surface area contributed by atoms with Crippen molar-refractivity contribution in [3.8, 4) is 0 Å². The molecular weight excluding hydrogens is 190 g/mol. The van der Waals surface area contributed by atoms with Gasteiger partial charge < -0.3 is 10.2 Å². The number of pyridine rings is 1. The van der Waals surface area contributed by atoms with Crippen molar-refractivity contribution in [2.45, 2.75) is 19.1 Å². The third kappa shape index (κ3) is 2.40. The molecule has 0 fully saturated rings. The highest BCUT2D eigenvalue weighted by atomic mass is 35.5. The van der Waals surface area contributed by atoms with E-state index in [-0.39, 0.29) is 5.88 Å². The minimum Gasteiger partial charge on any atom is -0.389 e. The Labute approximate surface area is 82.0 Å². The van der Waals surface area contributed by atoms with E-state index in [2.05, 4.69) is 4.98 Å². The zero-order valence-electron chi connectivity index (χ0n) is 7.31. The summed E-state index contributed by atoms with van der Waals surface area (Å²) in [6.45, 7) is 1.83. The van der Waals surface area contributed by atoms with Crippen LogP contribution in [0.2, 0.25) is 0 Å². The minimum atomic E-state index is -0.930. The van der Waals surface area contributed by atoms with Gasteiger partial charge in [-0.25, -0.2) is 0 Å². The highest BCUT2D eigenvalue weighted by Crippen LogP contribution is 2.20. The first kappa shape index (κ1) is 10.4. The van der Waals surface area contributed by atoms with Crippen molar-refractivity contribution in [1.29, 1.82) is 0 Å². The number of alkyl halides is 1. The van der Waals surface area contributed by atoms with Crippen LogP contribution in [-0.4, -0.2) is 27.2 Å². The zero-order chi connectivity index (χ0) is 9.84. The van der Waals surface area contributed by atoms with Gasteiger partial charge in [0.25, 0.3) is 0 Å². The van der Waals surface area contributed by atoms with Gasteiger partial charge in [-0.1, -0.05) is 0 Å². The van der Waals surface area contributed by atoms with E-state index < -0.39 is 12.2 Å². The number of hydrogen-bond donors (Lipinski definition) is 2. The lowest BCUT2D eigenvalue weighted by Crippen LogP contribution is -2.20. The smallest absolute Gasteiger partial charge is 0.106 e. The first-order valence-corrected chi connectivity index (χ1v) is 4.53. The molecule has 13 heavy (non-hydrogen) atoms. The molecule has 2 atom stereocenters. The zero-order valence-corrected chi connectivity index (χ0v) is 8.07. The quantitative estimate of drug-likeness (QED) is 0.719. The Morgan fingerprint density at radius 1 is 1.54 bits per heavy atom. The normalized spacial score (nSPS) is 15.4. The Bertz CT molecular complexity index is 280. The molecule has 0 amide bonds.